The average molecular weight is 601 g/mol. The number of aldehydes is 1. The van der Waals surface area contributed by atoms with E-state index in [2.05, 4.69) is 10.5 Å². The fourth-order valence-electron chi connectivity index (χ4n) is 4.99. The quantitative estimate of drug-likeness (QED) is 0.108. The Hall–Kier alpha value is -3.78. The SMILES string of the molecule is CCC[C@](C(=O)NN)(c1ccc(C)cc1[C@H](C=NC(=O)c1ccccc1C=O)C(=O)NOC1CCCCO1)S(C)(=O)=O. The summed E-state index contributed by atoms with van der Waals surface area (Å²) in [6, 6.07) is 10.6. The van der Waals surface area contributed by atoms with E-state index >= 15 is 0 Å². The normalized spacial score (nSPS) is 17.7. The van der Waals surface area contributed by atoms with Gasteiger partial charge in [0.25, 0.3) is 17.7 Å². The number of sulfone groups is 1. The van der Waals surface area contributed by atoms with Gasteiger partial charge < -0.3 is 4.74 Å². The number of amides is 3. The monoisotopic (exact) mass is 600 g/mol. The number of hydrazine groups is 1. The fourth-order valence-corrected chi connectivity index (χ4v) is 6.54. The Bertz CT molecular complexity index is 1450. The average Bonchev–Trinajstić information content (AvgIpc) is 2.98. The van der Waals surface area contributed by atoms with Gasteiger partial charge in [-0.15, -0.1) is 0 Å². The lowest BCUT2D eigenvalue weighted by molar-refractivity contribution is -0.200. The van der Waals surface area contributed by atoms with Gasteiger partial charge in [0.15, 0.2) is 27.2 Å². The molecule has 0 spiro atoms. The van der Waals surface area contributed by atoms with E-state index in [1.807, 2.05) is 5.43 Å². The molecule has 0 saturated carbocycles. The van der Waals surface area contributed by atoms with Crippen LogP contribution in [0.4, 0.5) is 0 Å². The molecular formula is C29H36N4O8S. The van der Waals surface area contributed by atoms with Crippen molar-refractivity contribution in [1.82, 2.24) is 10.9 Å². The summed E-state index contributed by atoms with van der Waals surface area (Å²) < 4.78 is 30.0. The maximum atomic E-state index is 13.7. The fraction of sp³-hybridized carbons (Fsp3) is 0.414. The van der Waals surface area contributed by atoms with Gasteiger partial charge in [-0.05, 0) is 43.4 Å². The van der Waals surface area contributed by atoms with Crippen LogP contribution in [-0.2, 0) is 33.7 Å². The number of aryl methyl sites for hydroxylation is 1. The molecule has 0 aromatic heterocycles. The molecule has 1 heterocycles. The number of hydroxylamine groups is 1. The summed E-state index contributed by atoms with van der Waals surface area (Å²) in [5.41, 5.74) is 5.19. The molecule has 1 aliphatic rings. The molecule has 13 heteroatoms. The molecule has 0 bridgehead atoms. The Balaban J connectivity index is 2.19. The maximum Gasteiger partial charge on any atom is 0.277 e. The lowest BCUT2D eigenvalue weighted by Gasteiger charge is -2.33. The highest BCUT2D eigenvalue weighted by atomic mass is 32.2. The van der Waals surface area contributed by atoms with Gasteiger partial charge in [-0.3, -0.25) is 24.6 Å². The van der Waals surface area contributed by atoms with Gasteiger partial charge in [-0.1, -0.05) is 55.3 Å². The van der Waals surface area contributed by atoms with Gasteiger partial charge in [0.1, 0.15) is 5.92 Å². The lowest BCUT2D eigenvalue weighted by atomic mass is 9.83. The standard InChI is InChI=1S/C29H36N4O8S/c1-4-14-29(28(37)32-30,42(3,38)39)24-13-12-19(2)16-22(24)23(27(36)33-41-25-11-7-8-15-40-25)17-31-26(35)21-10-6-5-9-20(21)18-34/h5-6,9-10,12-13,16-18,23,25H,4,7-8,11,14-15,30H2,1-3H3,(H,32,37)(H,33,36)/t23-,25?,29+/m0/s1. The van der Waals surface area contributed by atoms with Crippen LogP contribution in [0, 0.1) is 6.92 Å². The summed E-state index contributed by atoms with van der Waals surface area (Å²) in [7, 11) is -4.19. The highest BCUT2D eigenvalue weighted by Crippen LogP contribution is 2.40. The molecule has 3 rings (SSSR count). The molecular weight excluding hydrogens is 564 g/mol. The topological polar surface area (TPSA) is 183 Å². The highest BCUT2D eigenvalue weighted by molar-refractivity contribution is 7.92. The zero-order valence-corrected chi connectivity index (χ0v) is 24.6. The zero-order valence-electron chi connectivity index (χ0n) is 23.8. The molecule has 4 N–H and O–H groups in total. The van der Waals surface area contributed by atoms with Crippen LogP contribution in [0.15, 0.2) is 47.5 Å². The van der Waals surface area contributed by atoms with Crippen LogP contribution in [0.25, 0.3) is 0 Å². The molecule has 42 heavy (non-hydrogen) atoms. The Morgan fingerprint density at radius 3 is 2.57 bits per heavy atom. The summed E-state index contributed by atoms with van der Waals surface area (Å²) >= 11 is 0. The van der Waals surface area contributed by atoms with Crippen LogP contribution < -0.4 is 16.7 Å². The number of hydrogen-bond donors (Lipinski definition) is 3. The zero-order chi connectivity index (χ0) is 30.9. The van der Waals surface area contributed by atoms with Gasteiger partial charge in [0.05, 0.1) is 5.56 Å². The van der Waals surface area contributed by atoms with Crippen LogP contribution in [0.3, 0.4) is 0 Å². The Morgan fingerprint density at radius 2 is 1.95 bits per heavy atom. The molecule has 1 unspecified atom stereocenters. The number of carbonyl (C=O) groups excluding carboxylic acids is 4. The molecule has 1 aliphatic heterocycles. The predicted molar refractivity (Wildman–Crippen MR) is 155 cm³/mol. The number of benzene rings is 2. The van der Waals surface area contributed by atoms with Crippen molar-refractivity contribution < 1.29 is 37.2 Å². The van der Waals surface area contributed by atoms with Gasteiger partial charge in [0.2, 0.25) is 0 Å². The Kier molecular flexibility index (Phi) is 11.2. The van der Waals surface area contributed by atoms with Gasteiger partial charge in [-0.25, -0.2) is 29.6 Å². The predicted octanol–water partition coefficient (Wildman–Crippen LogP) is 2.41. The van der Waals surface area contributed by atoms with E-state index in [1.54, 1.807) is 38.1 Å². The first-order chi connectivity index (χ1) is 20.0. The molecule has 2 aromatic rings. The molecule has 1 saturated heterocycles. The van der Waals surface area contributed by atoms with E-state index < -0.39 is 44.5 Å². The first-order valence-corrected chi connectivity index (χ1v) is 15.4. The molecule has 226 valence electrons. The summed E-state index contributed by atoms with van der Waals surface area (Å²) in [6.45, 7) is 3.90. The summed E-state index contributed by atoms with van der Waals surface area (Å²) in [5.74, 6) is 1.51. The van der Waals surface area contributed by atoms with Crippen molar-refractivity contribution in [1.29, 1.82) is 0 Å². The van der Waals surface area contributed by atoms with E-state index in [1.165, 1.54) is 18.2 Å². The van der Waals surface area contributed by atoms with Crippen molar-refractivity contribution in [2.75, 3.05) is 12.9 Å². The van der Waals surface area contributed by atoms with Crippen LogP contribution in [0.2, 0.25) is 0 Å². The Morgan fingerprint density at radius 1 is 1.21 bits per heavy atom. The smallest absolute Gasteiger partial charge is 0.277 e. The molecule has 3 amide bonds. The maximum absolute atomic E-state index is 13.7. The molecule has 0 aliphatic carbocycles. The third-order valence-electron chi connectivity index (χ3n) is 7.08. The van der Waals surface area contributed by atoms with E-state index in [4.69, 9.17) is 15.4 Å². The van der Waals surface area contributed by atoms with Crippen molar-refractivity contribution in [3.05, 3.63) is 70.3 Å². The van der Waals surface area contributed by atoms with Crippen molar-refractivity contribution in [2.24, 2.45) is 10.8 Å². The van der Waals surface area contributed by atoms with Gasteiger partial charge in [-0.2, -0.15) is 0 Å². The number of ether oxygens (including phenoxy) is 1. The van der Waals surface area contributed by atoms with Crippen molar-refractivity contribution >= 4 is 40.1 Å². The number of nitrogens with zero attached hydrogens (tertiary/aromatic N) is 1. The second kappa shape index (κ2) is 14.4. The third kappa shape index (κ3) is 7.16. The lowest BCUT2D eigenvalue weighted by Crippen LogP contribution is -2.52. The minimum Gasteiger partial charge on any atom is -0.350 e. The molecule has 2 aromatic carbocycles. The number of nitrogens with two attached hydrogens (primary N) is 1. The van der Waals surface area contributed by atoms with Crippen LogP contribution in [-0.4, -0.2) is 57.8 Å². The van der Waals surface area contributed by atoms with Crippen molar-refractivity contribution in [3.63, 3.8) is 0 Å². The molecule has 1 fully saturated rings. The number of carbonyl (C=O) groups is 4. The summed E-state index contributed by atoms with van der Waals surface area (Å²) in [4.78, 5) is 60.9. The number of nitrogens with one attached hydrogen (secondary N) is 2. The molecule has 0 radical (unpaired) electrons. The van der Waals surface area contributed by atoms with Crippen LogP contribution in [0.1, 0.15) is 82.4 Å². The minimum absolute atomic E-state index is 0.00153. The van der Waals surface area contributed by atoms with E-state index in [-0.39, 0.29) is 35.1 Å². The Labute approximate surface area is 244 Å². The second-order valence-electron chi connectivity index (χ2n) is 10.1. The summed E-state index contributed by atoms with van der Waals surface area (Å²) in [5, 5.41) is 0. The second-order valence-corrected chi connectivity index (χ2v) is 12.3. The number of hydrogen-bond acceptors (Lipinski definition) is 9. The number of aliphatic imine (C=N–C) groups is 1. The van der Waals surface area contributed by atoms with Crippen LogP contribution >= 0.6 is 0 Å². The first kappa shape index (κ1) is 32.7. The van der Waals surface area contributed by atoms with Crippen molar-refractivity contribution in [3.8, 4) is 0 Å². The van der Waals surface area contributed by atoms with Gasteiger partial charge in [0, 0.05) is 31.1 Å². The van der Waals surface area contributed by atoms with E-state index in [0.29, 0.717) is 24.9 Å². The number of rotatable bonds is 12. The molecule has 12 nitrogen and oxygen atoms in total. The first-order valence-electron chi connectivity index (χ1n) is 13.5. The van der Waals surface area contributed by atoms with Crippen LogP contribution in [0.5, 0.6) is 0 Å². The third-order valence-corrected chi connectivity index (χ3v) is 8.96. The minimum atomic E-state index is -4.19. The largest absolute Gasteiger partial charge is 0.350 e. The van der Waals surface area contributed by atoms with Crippen molar-refractivity contribution in [2.45, 2.75) is 62.9 Å². The van der Waals surface area contributed by atoms with E-state index in [9.17, 15) is 27.6 Å². The highest BCUT2D eigenvalue weighted by Gasteiger charge is 2.51. The molecule has 3 atom stereocenters. The summed E-state index contributed by atoms with van der Waals surface area (Å²) in [6.07, 6.45) is 4.15. The van der Waals surface area contributed by atoms with Gasteiger partial charge >= 0.3 is 0 Å². The van der Waals surface area contributed by atoms with E-state index in [0.717, 1.165) is 25.3 Å².